The van der Waals surface area contributed by atoms with Gasteiger partial charge in [0.05, 0.1) is 11.7 Å². The van der Waals surface area contributed by atoms with Gasteiger partial charge in [0.15, 0.2) is 0 Å². The lowest BCUT2D eigenvalue weighted by molar-refractivity contribution is -0.176. The molecule has 0 aromatic rings. The normalized spacial score (nSPS) is 46.4. The fourth-order valence-electron chi connectivity index (χ4n) is 4.40. The van der Waals surface area contributed by atoms with Gasteiger partial charge in [-0.3, -0.25) is 0 Å². The lowest BCUT2D eigenvalue weighted by Gasteiger charge is -2.56. The first-order valence-electron chi connectivity index (χ1n) is 7.01. The zero-order valence-corrected chi connectivity index (χ0v) is 11.7. The molecule has 3 N–H and O–H groups in total. The molecule has 2 aliphatic carbocycles. The lowest BCUT2D eigenvalue weighted by atomic mass is 9.52. The van der Waals surface area contributed by atoms with Gasteiger partial charge in [0.25, 0.3) is 0 Å². The summed E-state index contributed by atoms with van der Waals surface area (Å²) in [6.45, 7) is 7.47. The first-order chi connectivity index (χ1) is 8.69. The van der Waals surface area contributed by atoms with Gasteiger partial charge in [-0.05, 0) is 38.0 Å². The first kappa shape index (κ1) is 14.5. The number of fused-ring (bicyclic) bond motifs is 1. The Kier molecular flexibility index (Phi) is 3.52. The van der Waals surface area contributed by atoms with Gasteiger partial charge in [-0.2, -0.15) is 0 Å². The summed E-state index contributed by atoms with van der Waals surface area (Å²) in [6, 6.07) is 0. The number of carboxylic acids is 1. The SMILES string of the molecule is C=C(C(=O)O)C1CCC2(C)CCCC(C)(O)C2C1O. The number of rotatable bonds is 2. The molecule has 0 aromatic carbocycles. The average molecular weight is 268 g/mol. The molecule has 2 fully saturated rings. The van der Waals surface area contributed by atoms with E-state index in [1.165, 1.54) is 0 Å². The summed E-state index contributed by atoms with van der Waals surface area (Å²) >= 11 is 0. The summed E-state index contributed by atoms with van der Waals surface area (Å²) in [6.07, 6.45) is 3.25. The second-order valence-electron chi connectivity index (χ2n) is 6.81. The summed E-state index contributed by atoms with van der Waals surface area (Å²) in [5.74, 6) is -1.77. The molecule has 0 bridgehead atoms. The second-order valence-corrected chi connectivity index (χ2v) is 6.81. The number of aliphatic hydroxyl groups is 2. The van der Waals surface area contributed by atoms with Crippen LogP contribution in [0.5, 0.6) is 0 Å². The zero-order valence-electron chi connectivity index (χ0n) is 11.7. The van der Waals surface area contributed by atoms with Crippen molar-refractivity contribution in [3.05, 3.63) is 12.2 Å². The highest BCUT2D eigenvalue weighted by atomic mass is 16.4. The molecule has 19 heavy (non-hydrogen) atoms. The molecule has 2 saturated carbocycles. The Hall–Kier alpha value is -0.870. The lowest BCUT2D eigenvalue weighted by Crippen LogP contribution is -2.58. The molecule has 0 aliphatic heterocycles. The molecule has 0 aromatic heterocycles. The van der Waals surface area contributed by atoms with Crippen molar-refractivity contribution in [2.75, 3.05) is 0 Å². The van der Waals surface area contributed by atoms with Crippen LogP contribution in [0, 0.1) is 17.3 Å². The van der Waals surface area contributed by atoms with Crippen LogP contribution in [0.4, 0.5) is 0 Å². The third kappa shape index (κ3) is 2.32. The van der Waals surface area contributed by atoms with E-state index in [1.807, 2.05) is 0 Å². The minimum Gasteiger partial charge on any atom is -0.478 e. The van der Waals surface area contributed by atoms with Gasteiger partial charge >= 0.3 is 5.97 Å². The molecule has 5 atom stereocenters. The number of hydrogen-bond donors (Lipinski definition) is 3. The number of carbonyl (C=O) groups is 1. The van der Waals surface area contributed by atoms with E-state index >= 15 is 0 Å². The molecule has 0 amide bonds. The highest BCUT2D eigenvalue weighted by molar-refractivity contribution is 5.86. The van der Waals surface area contributed by atoms with E-state index in [0.29, 0.717) is 12.8 Å². The predicted octanol–water partition coefficient (Wildman–Crippen LogP) is 1.96. The standard InChI is InChI=1S/C15H24O4/c1-9(13(17)18)10-5-8-14(2)6-4-7-15(3,19)12(14)11(10)16/h10-12,16,19H,1,4-8H2,2-3H3,(H,17,18). The zero-order chi connectivity index (χ0) is 14.4. The fourth-order valence-corrected chi connectivity index (χ4v) is 4.40. The van der Waals surface area contributed by atoms with Crippen LogP contribution in [0.25, 0.3) is 0 Å². The van der Waals surface area contributed by atoms with Crippen molar-refractivity contribution in [3.8, 4) is 0 Å². The molecular weight excluding hydrogens is 244 g/mol. The van der Waals surface area contributed by atoms with Gasteiger partial charge in [-0.15, -0.1) is 0 Å². The molecule has 2 rings (SSSR count). The average Bonchev–Trinajstić information content (AvgIpc) is 2.26. The quantitative estimate of drug-likeness (QED) is 0.669. The van der Waals surface area contributed by atoms with Crippen LogP contribution in [0.2, 0.25) is 0 Å². The summed E-state index contributed by atoms with van der Waals surface area (Å²) < 4.78 is 0. The Labute approximate surface area is 114 Å². The van der Waals surface area contributed by atoms with Crippen LogP contribution in [-0.2, 0) is 4.79 Å². The Balaban J connectivity index is 2.31. The number of carboxylic acid groups (broad SMARTS) is 1. The molecule has 0 spiro atoms. The van der Waals surface area contributed by atoms with Crippen molar-refractivity contribution in [1.29, 1.82) is 0 Å². The van der Waals surface area contributed by atoms with Crippen LogP contribution in [0.3, 0.4) is 0 Å². The van der Waals surface area contributed by atoms with Gasteiger partial charge in [0.1, 0.15) is 0 Å². The maximum atomic E-state index is 11.1. The van der Waals surface area contributed by atoms with Crippen molar-refractivity contribution < 1.29 is 20.1 Å². The number of aliphatic carboxylic acids is 1. The summed E-state index contributed by atoms with van der Waals surface area (Å²) in [5.41, 5.74) is -0.962. The molecule has 2 aliphatic rings. The summed E-state index contributed by atoms with van der Waals surface area (Å²) in [7, 11) is 0. The van der Waals surface area contributed by atoms with E-state index in [0.717, 1.165) is 19.3 Å². The maximum Gasteiger partial charge on any atom is 0.331 e. The first-order valence-corrected chi connectivity index (χ1v) is 7.01. The van der Waals surface area contributed by atoms with E-state index in [4.69, 9.17) is 5.11 Å². The number of hydrogen-bond acceptors (Lipinski definition) is 3. The Morgan fingerprint density at radius 2 is 1.89 bits per heavy atom. The van der Waals surface area contributed by atoms with Gasteiger partial charge in [-0.25, -0.2) is 4.79 Å². The molecule has 0 heterocycles. The topological polar surface area (TPSA) is 77.8 Å². The number of aliphatic hydroxyl groups excluding tert-OH is 1. The molecular formula is C15H24O4. The summed E-state index contributed by atoms with van der Waals surface area (Å²) in [5, 5.41) is 30.3. The molecule has 4 heteroatoms. The Bertz CT molecular complexity index is 401. The monoisotopic (exact) mass is 268 g/mol. The predicted molar refractivity (Wildman–Crippen MR) is 71.6 cm³/mol. The molecule has 4 nitrogen and oxygen atoms in total. The van der Waals surface area contributed by atoms with Crippen LogP contribution in [0.15, 0.2) is 12.2 Å². The van der Waals surface area contributed by atoms with Crippen molar-refractivity contribution in [2.45, 2.75) is 57.7 Å². The molecule has 0 radical (unpaired) electrons. The minimum absolute atomic E-state index is 0.0657. The third-order valence-electron chi connectivity index (χ3n) is 5.35. The Morgan fingerprint density at radius 3 is 2.47 bits per heavy atom. The van der Waals surface area contributed by atoms with Crippen molar-refractivity contribution in [1.82, 2.24) is 0 Å². The van der Waals surface area contributed by atoms with Gasteiger partial charge in [-0.1, -0.05) is 19.9 Å². The van der Waals surface area contributed by atoms with Crippen LogP contribution < -0.4 is 0 Å². The largest absolute Gasteiger partial charge is 0.478 e. The third-order valence-corrected chi connectivity index (χ3v) is 5.35. The van der Waals surface area contributed by atoms with Gasteiger partial charge in [0, 0.05) is 17.4 Å². The Morgan fingerprint density at radius 1 is 1.26 bits per heavy atom. The van der Waals surface area contributed by atoms with Crippen LogP contribution in [-0.4, -0.2) is 33.0 Å². The van der Waals surface area contributed by atoms with E-state index in [9.17, 15) is 15.0 Å². The van der Waals surface area contributed by atoms with Crippen LogP contribution >= 0.6 is 0 Å². The highest BCUT2D eigenvalue weighted by Gasteiger charge is 2.56. The van der Waals surface area contributed by atoms with Gasteiger partial charge in [0.2, 0.25) is 0 Å². The van der Waals surface area contributed by atoms with Gasteiger partial charge < -0.3 is 15.3 Å². The maximum absolute atomic E-state index is 11.1. The van der Waals surface area contributed by atoms with Crippen LogP contribution in [0.1, 0.15) is 46.0 Å². The minimum atomic E-state index is -1.05. The highest BCUT2D eigenvalue weighted by Crippen LogP contribution is 2.56. The summed E-state index contributed by atoms with van der Waals surface area (Å²) in [4.78, 5) is 11.1. The second kappa shape index (κ2) is 4.60. The van der Waals surface area contributed by atoms with E-state index in [2.05, 4.69) is 13.5 Å². The van der Waals surface area contributed by atoms with E-state index in [-0.39, 0.29) is 16.9 Å². The molecule has 5 unspecified atom stereocenters. The van der Waals surface area contributed by atoms with E-state index < -0.39 is 23.6 Å². The molecule has 108 valence electrons. The van der Waals surface area contributed by atoms with Crippen molar-refractivity contribution in [2.24, 2.45) is 17.3 Å². The van der Waals surface area contributed by atoms with Crippen molar-refractivity contribution >= 4 is 5.97 Å². The fraction of sp³-hybridized carbons (Fsp3) is 0.800. The smallest absolute Gasteiger partial charge is 0.331 e. The van der Waals surface area contributed by atoms with E-state index in [1.54, 1.807) is 6.92 Å². The van der Waals surface area contributed by atoms with Crippen molar-refractivity contribution in [3.63, 3.8) is 0 Å². The molecule has 0 saturated heterocycles.